The highest BCUT2D eigenvalue weighted by Gasteiger charge is 2.01. The van der Waals surface area contributed by atoms with E-state index in [-0.39, 0.29) is 5.78 Å². The Morgan fingerprint density at radius 2 is 2.00 bits per heavy atom. The normalized spacial score (nSPS) is 9.73. The number of ketones is 1. The minimum Gasteiger partial charge on any atom is -0.380 e. The number of hydrogen-bond donors (Lipinski definition) is 1. The van der Waals surface area contributed by atoms with E-state index in [2.05, 4.69) is 11.9 Å². The molecule has 0 aliphatic carbocycles. The van der Waals surface area contributed by atoms with Crippen LogP contribution in [0.4, 0.5) is 5.69 Å². The number of halogens is 1. The van der Waals surface area contributed by atoms with Gasteiger partial charge in [-0.05, 0) is 24.3 Å². The van der Waals surface area contributed by atoms with Crippen LogP contribution in [0.3, 0.4) is 0 Å². The number of nitrogens with one attached hydrogen (secondary N) is 1. The monoisotopic (exact) mass is 223 g/mol. The first-order valence-corrected chi connectivity index (χ1v) is 5.21. The molecule has 0 saturated heterocycles. The summed E-state index contributed by atoms with van der Waals surface area (Å²) in [5.74, 6) is 0.156. The van der Waals surface area contributed by atoms with Crippen molar-refractivity contribution in [3.05, 3.63) is 41.4 Å². The molecule has 0 spiro atoms. The van der Waals surface area contributed by atoms with Crippen LogP contribution in [-0.4, -0.2) is 12.3 Å². The van der Waals surface area contributed by atoms with Crippen LogP contribution in [0.2, 0.25) is 0 Å². The molecule has 0 amide bonds. The molecule has 0 unspecified atom stereocenters. The van der Waals surface area contributed by atoms with Gasteiger partial charge in [0.25, 0.3) is 0 Å². The number of hydrogen-bond acceptors (Lipinski definition) is 2. The van der Waals surface area contributed by atoms with Crippen LogP contribution in [0.1, 0.15) is 23.7 Å². The van der Waals surface area contributed by atoms with Crippen LogP contribution in [0, 0.1) is 0 Å². The standard InChI is InChI=1S/C12H14ClNO/c1-3-12(15)10-4-6-11(7-5-10)14-8-9(2)13/h4-7,14H,2-3,8H2,1H3. The maximum Gasteiger partial charge on any atom is 0.162 e. The van der Waals surface area contributed by atoms with Crippen LogP contribution in [0.15, 0.2) is 35.9 Å². The van der Waals surface area contributed by atoms with E-state index in [4.69, 9.17) is 11.6 Å². The van der Waals surface area contributed by atoms with E-state index in [1.54, 1.807) is 0 Å². The Bertz CT molecular complexity index is 356. The summed E-state index contributed by atoms with van der Waals surface area (Å²) in [6.07, 6.45) is 0.533. The third-order valence-electron chi connectivity index (χ3n) is 2.01. The Hall–Kier alpha value is -1.28. The molecule has 0 aliphatic rings. The Morgan fingerprint density at radius 1 is 1.40 bits per heavy atom. The molecule has 0 radical (unpaired) electrons. The summed E-state index contributed by atoms with van der Waals surface area (Å²) >= 11 is 5.62. The maximum atomic E-state index is 11.3. The number of anilines is 1. The zero-order valence-electron chi connectivity index (χ0n) is 8.72. The molecule has 0 bridgehead atoms. The van der Waals surface area contributed by atoms with Gasteiger partial charge in [-0.3, -0.25) is 4.79 Å². The van der Waals surface area contributed by atoms with Gasteiger partial charge in [0.05, 0.1) is 6.54 Å². The quantitative estimate of drug-likeness (QED) is 0.775. The van der Waals surface area contributed by atoms with Gasteiger partial charge in [-0.2, -0.15) is 0 Å². The topological polar surface area (TPSA) is 29.1 Å². The molecule has 15 heavy (non-hydrogen) atoms. The van der Waals surface area contributed by atoms with Crippen LogP contribution >= 0.6 is 11.6 Å². The van der Waals surface area contributed by atoms with Crippen molar-refractivity contribution in [3.63, 3.8) is 0 Å². The van der Waals surface area contributed by atoms with Crippen LogP contribution < -0.4 is 5.32 Å². The average molecular weight is 224 g/mol. The largest absolute Gasteiger partial charge is 0.380 e. The van der Waals surface area contributed by atoms with Crippen LogP contribution in [0.25, 0.3) is 0 Å². The Kier molecular flexibility index (Phi) is 4.37. The molecule has 0 heterocycles. The van der Waals surface area contributed by atoms with E-state index in [1.165, 1.54) is 0 Å². The third-order valence-corrected chi connectivity index (χ3v) is 2.15. The molecule has 0 atom stereocenters. The molecule has 1 N–H and O–H groups in total. The molecule has 2 nitrogen and oxygen atoms in total. The molecular formula is C12H14ClNO. The summed E-state index contributed by atoms with van der Waals surface area (Å²) in [6.45, 7) is 5.96. The van der Waals surface area contributed by atoms with E-state index >= 15 is 0 Å². The average Bonchev–Trinajstić information content (AvgIpc) is 2.26. The van der Waals surface area contributed by atoms with E-state index in [1.807, 2.05) is 31.2 Å². The molecule has 1 rings (SSSR count). The van der Waals surface area contributed by atoms with Crippen molar-refractivity contribution in [2.75, 3.05) is 11.9 Å². The van der Waals surface area contributed by atoms with Crippen molar-refractivity contribution in [2.24, 2.45) is 0 Å². The fourth-order valence-electron chi connectivity index (χ4n) is 1.18. The summed E-state index contributed by atoms with van der Waals surface area (Å²) in [5, 5.41) is 3.64. The molecule has 0 aromatic heterocycles. The molecule has 3 heteroatoms. The number of Topliss-reactive ketones (excluding diaryl/α,β-unsaturated/α-hetero) is 1. The van der Waals surface area contributed by atoms with Gasteiger partial charge in [0, 0.05) is 22.7 Å². The SMILES string of the molecule is C=C(Cl)CNc1ccc(C(=O)CC)cc1. The van der Waals surface area contributed by atoms with Crippen molar-refractivity contribution in [1.29, 1.82) is 0 Å². The van der Waals surface area contributed by atoms with Crippen molar-refractivity contribution in [3.8, 4) is 0 Å². The van der Waals surface area contributed by atoms with Gasteiger partial charge < -0.3 is 5.32 Å². The van der Waals surface area contributed by atoms with Gasteiger partial charge in [0.1, 0.15) is 0 Å². The Labute approximate surface area is 94.9 Å². The predicted octanol–water partition coefficient (Wildman–Crippen LogP) is 3.44. The number of benzene rings is 1. The highest BCUT2D eigenvalue weighted by atomic mass is 35.5. The van der Waals surface area contributed by atoms with Gasteiger partial charge in [-0.1, -0.05) is 25.1 Å². The summed E-state index contributed by atoms with van der Waals surface area (Å²) in [6, 6.07) is 7.35. The Morgan fingerprint density at radius 3 is 2.47 bits per heavy atom. The molecular weight excluding hydrogens is 210 g/mol. The summed E-state index contributed by atoms with van der Waals surface area (Å²) in [4.78, 5) is 11.3. The highest BCUT2D eigenvalue weighted by molar-refractivity contribution is 6.29. The number of carbonyl (C=O) groups is 1. The number of rotatable bonds is 5. The van der Waals surface area contributed by atoms with Gasteiger partial charge in [-0.15, -0.1) is 0 Å². The summed E-state index contributed by atoms with van der Waals surface area (Å²) < 4.78 is 0. The van der Waals surface area contributed by atoms with Crippen molar-refractivity contribution < 1.29 is 4.79 Å². The smallest absolute Gasteiger partial charge is 0.162 e. The Balaban J connectivity index is 2.64. The predicted molar refractivity (Wildman–Crippen MR) is 64.5 cm³/mol. The fourth-order valence-corrected chi connectivity index (χ4v) is 1.24. The van der Waals surface area contributed by atoms with Crippen molar-refractivity contribution in [1.82, 2.24) is 0 Å². The van der Waals surface area contributed by atoms with Gasteiger partial charge in [0.15, 0.2) is 5.78 Å². The van der Waals surface area contributed by atoms with E-state index in [9.17, 15) is 4.79 Å². The second kappa shape index (κ2) is 5.56. The molecule has 80 valence electrons. The lowest BCUT2D eigenvalue weighted by atomic mass is 10.1. The lowest BCUT2D eigenvalue weighted by Crippen LogP contribution is -2.01. The maximum absolute atomic E-state index is 11.3. The zero-order valence-corrected chi connectivity index (χ0v) is 9.47. The summed E-state index contributed by atoms with van der Waals surface area (Å²) in [7, 11) is 0. The summed E-state index contributed by atoms with van der Waals surface area (Å²) in [5.41, 5.74) is 1.68. The first-order valence-electron chi connectivity index (χ1n) is 4.84. The molecule has 0 saturated carbocycles. The molecule has 1 aromatic rings. The first-order chi connectivity index (χ1) is 7.13. The van der Waals surface area contributed by atoms with Crippen LogP contribution in [0.5, 0.6) is 0 Å². The van der Waals surface area contributed by atoms with Crippen LogP contribution in [-0.2, 0) is 0 Å². The molecule has 0 aliphatic heterocycles. The van der Waals surface area contributed by atoms with Crippen molar-refractivity contribution >= 4 is 23.1 Å². The van der Waals surface area contributed by atoms with E-state index in [0.717, 1.165) is 11.3 Å². The molecule has 0 fully saturated rings. The highest BCUT2D eigenvalue weighted by Crippen LogP contribution is 2.11. The second-order valence-corrected chi connectivity index (χ2v) is 3.76. The third kappa shape index (κ3) is 3.76. The zero-order chi connectivity index (χ0) is 11.3. The minimum absolute atomic E-state index is 0.156. The van der Waals surface area contributed by atoms with Gasteiger partial charge in [-0.25, -0.2) is 0 Å². The lowest BCUT2D eigenvalue weighted by molar-refractivity contribution is 0.0988. The fraction of sp³-hybridized carbons (Fsp3) is 0.250. The van der Waals surface area contributed by atoms with Gasteiger partial charge >= 0.3 is 0 Å². The minimum atomic E-state index is 0.156. The lowest BCUT2D eigenvalue weighted by Gasteiger charge is -2.05. The number of carbonyl (C=O) groups excluding carboxylic acids is 1. The van der Waals surface area contributed by atoms with Gasteiger partial charge in [0.2, 0.25) is 0 Å². The second-order valence-electron chi connectivity index (χ2n) is 3.22. The molecule has 1 aromatic carbocycles. The van der Waals surface area contributed by atoms with E-state index < -0.39 is 0 Å². The first kappa shape index (κ1) is 11.8. The van der Waals surface area contributed by atoms with Crippen molar-refractivity contribution in [2.45, 2.75) is 13.3 Å². The van der Waals surface area contributed by atoms with E-state index in [0.29, 0.717) is 18.0 Å².